The lowest BCUT2D eigenvalue weighted by atomic mass is 9.93. The Balaban J connectivity index is 1.41. The molecular formula is C35H40N2O4S. The molecule has 0 saturated heterocycles. The smallest absolute Gasteiger partial charge is 0.229 e. The molecule has 0 heterocycles. The molecule has 1 aliphatic carbocycles. The largest absolute Gasteiger partial charge is 0.487 e. The zero-order valence-electron chi connectivity index (χ0n) is 24.8. The number of nitrogens with one attached hydrogen (secondary N) is 1. The molecule has 1 aliphatic rings. The van der Waals surface area contributed by atoms with E-state index in [0.717, 1.165) is 24.7 Å². The van der Waals surface area contributed by atoms with Crippen molar-refractivity contribution in [2.75, 3.05) is 17.5 Å². The summed E-state index contributed by atoms with van der Waals surface area (Å²) < 4.78 is 33.0. The molecule has 0 unspecified atom stereocenters. The monoisotopic (exact) mass is 584 g/mol. The molecule has 0 aromatic heterocycles. The molecule has 0 spiro atoms. The van der Waals surface area contributed by atoms with Crippen LogP contribution in [-0.4, -0.2) is 36.8 Å². The van der Waals surface area contributed by atoms with Gasteiger partial charge in [0.1, 0.15) is 12.4 Å². The van der Waals surface area contributed by atoms with E-state index >= 15 is 0 Å². The van der Waals surface area contributed by atoms with Crippen molar-refractivity contribution in [1.29, 1.82) is 0 Å². The summed E-state index contributed by atoms with van der Waals surface area (Å²) in [6.45, 7) is 7.97. The number of aryl methyl sites for hydroxylation is 2. The first-order valence-corrected chi connectivity index (χ1v) is 16.2. The Labute approximate surface area is 250 Å². The average molecular weight is 585 g/mol. The van der Waals surface area contributed by atoms with Crippen molar-refractivity contribution >= 4 is 15.7 Å². The fourth-order valence-electron chi connectivity index (χ4n) is 5.86. The Morgan fingerprint density at radius 2 is 1.45 bits per heavy atom. The molecule has 0 saturated carbocycles. The van der Waals surface area contributed by atoms with Crippen LogP contribution in [0.5, 0.6) is 5.75 Å². The van der Waals surface area contributed by atoms with E-state index < -0.39 is 16.1 Å². The minimum atomic E-state index is -3.57. The topological polar surface area (TPSA) is 78.9 Å². The summed E-state index contributed by atoms with van der Waals surface area (Å²) in [6, 6.07) is 29.9. The number of hydrogen-bond donors (Lipinski definition) is 2. The van der Waals surface area contributed by atoms with E-state index in [9.17, 15) is 13.5 Å². The summed E-state index contributed by atoms with van der Waals surface area (Å²) in [4.78, 5) is 2.38. The highest BCUT2D eigenvalue weighted by Gasteiger charge is 2.39. The zero-order valence-corrected chi connectivity index (χ0v) is 25.6. The van der Waals surface area contributed by atoms with Gasteiger partial charge in [0.05, 0.1) is 18.0 Å². The van der Waals surface area contributed by atoms with E-state index in [2.05, 4.69) is 54.7 Å². The number of benzene rings is 4. The van der Waals surface area contributed by atoms with Crippen molar-refractivity contribution in [3.8, 4) is 5.75 Å². The molecule has 6 nitrogen and oxygen atoms in total. The second-order valence-corrected chi connectivity index (χ2v) is 13.6. The van der Waals surface area contributed by atoms with Crippen LogP contribution in [0.25, 0.3) is 0 Å². The number of aliphatic hydroxyl groups excluding tert-OH is 1. The maximum Gasteiger partial charge on any atom is 0.229 e. The van der Waals surface area contributed by atoms with E-state index in [1.807, 2.05) is 54.6 Å². The predicted octanol–water partition coefficient (Wildman–Crippen LogP) is 6.35. The SMILES string of the molecule is Cc1cc2c(cc1C)CC(C)(N(Cc1ccccc1)C[C@H](O)c1ccc(OCc3ccccc3)c(NS(C)(=O)=O)c1)C2. The van der Waals surface area contributed by atoms with Crippen LogP contribution >= 0.6 is 0 Å². The van der Waals surface area contributed by atoms with E-state index in [0.29, 0.717) is 36.7 Å². The van der Waals surface area contributed by atoms with Crippen LogP contribution in [0.1, 0.15) is 52.0 Å². The second-order valence-electron chi connectivity index (χ2n) is 11.8. The van der Waals surface area contributed by atoms with Gasteiger partial charge in [-0.2, -0.15) is 0 Å². The van der Waals surface area contributed by atoms with E-state index in [-0.39, 0.29) is 5.54 Å². The first kappa shape index (κ1) is 29.8. The first-order chi connectivity index (χ1) is 20.0. The van der Waals surface area contributed by atoms with E-state index in [1.54, 1.807) is 12.1 Å². The lowest BCUT2D eigenvalue weighted by Crippen LogP contribution is -2.48. The van der Waals surface area contributed by atoms with Crippen LogP contribution in [-0.2, 0) is 36.0 Å². The lowest BCUT2D eigenvalue weighted by Gasteiger charge is -2.40. The summed E-state index contributed by atoms with van der Waals surface area (Å²) in [6.07, 6.45) is 2.06. The Morgan fingerprint density at radius 1 is 0.881 bits per heavy atom. The highest BCUT2D eigenvalue weighted by atomic mass is 32.2. The highest BCUT2D eigenvalue weighted by molar-refractivity contribution is 7.92. The lowest BCUT2D eigenvalue weighted by molar-refractivity contribution is 0.0391. The molecule has 7 heteroatoms. The van der Waals surface area contributed by atoms with E-state index in [4.69, 9.17) is 4.74 Å². The normalized spacial score (nSPS) is 14.9. The van der Waals surface area contributed by atoms with Crippen molar-refractivity contribution in [3.63, 3.8) is 0 Å². The second kappa shape index (κ2) is 12.3. The van der Waals surface area contributed by atoms with Crippen molar-refractivity contribution < 1.29 is 18.3 Å². The fourth-order valence-corrected chi connectivity index (χ4v) is 6.42. The molecule has 42 heavy (non-hydrogen) atoms. The highest BCUT2D eigenvalue weighted by Crippen LogP contribution is 2.38. The van der Waals surface area contributed by atoms with Crippen LogP contribution in [0.15, 0.2) is 91.0 Å². The summed E-state index contributed by atoms with van der Waals surface area (Å²) in [5.41, 5.74) is 8.23. The van der Waals surface area contributed by atoms with Crippen LogP contribution in [0.3, 0.4) is 0 Å². The number of hydrogen-bond acceptors (Lipinski definition) is 5. The van der Waals surface area contributed by atoms with Gasteiger partial charge >= 0.3 is 0 Å². The van der Waals surface area contributed by atoms with Crippen molar-refractivity contribution in [2.45, 2.75) is 58.4 Å². The van der Waals surface area contributed by atoms with Gasteiger partial charge in [-0.05, 0) is 84.7 Å². The fraction of sp³-hybridized carbons (Fsp3) is 0.314. The van der Waals surface area contributed by atoms with Gasteiger partial charge in [0, 0.05) is 18.6 Å². The molecule has 1 atom stereocenters. The molecule has 0 bridgehead atoms. The molecule has 4 aromatic rings. The van der Waals surface area contributed by atoms with Crippen LogP contribution < -0.4 is 9.46 Å². The molecule has 5 rings (SSSR count). The molecule has 0 radical (unpaired) electrons. The predicted molar refractivity (Wildman–Crippen MR) is 169 cm³/mol. The Bertz CT molecular complexity index is 1610. The van der Waals surface area contributed by atoms with Gasteiger partial charge in [-0.15, -0.1) is 0 Å². The number of β-amino-alcohol motifs (C(OH)–C–C–N with tert-alkyl or cyclic N) is 1. The molecule has 4 aromatic carbocycles. The number of anilines is 1. The molecular weight excluding hydrogens is 544 g/mol. The minimum Gasteiger partial charge on any atom is -0.487 e. The molecule has 0 aliphatic heterocycles. The first-order valence-electron chi connectivity index (χ1n) is 14.3. The summed E-state index contributed by atoms with van der Waals surface area (Å²) in [5, 5.41) is 11.6. The Hall–Kier alpha value is -3.65. The van der Waals surface area contributed by atoms with Gasteiger partial charge in [-0.25, -0.2) is 8.42 Å². The number of rotatable bonds is 11. The van der Waals surface area contributed by atoms with Gasteiger partial charge in [-0.1, -0.05) is 78.9 Å². The number of ether oxygens (including phenoxy) is 1. The van der Waals surface area contributed by atoms with Gasteiger partial charge in [0.2, 0.25) is 10.0 Å². The van der Waals surface area contributed by atoms with Crippen molar-refractivity contribution in [2.24, 2.45) is 0 Å². The molecule has 220 valence electrons. The van der Waals surface area contributed by atoms with Crippen molar-refractivity contribution in [1.82, 2.24) is 4.90 Å². The molecule has 0 fully saturated rings. The molecule has 0 amide bonds. The standard InChI is InChI=1S/C35H40N2O4S/c1-25-17-30-20-35(3,21-31(30)18-26(25)2)37(22-27-11-7-5-8-12-27)23-33(38)29-15-16-34(32(19-29)36-42(4,39)40)41-24-28-13-9-6-10-14-28/h5-19,33,36,38H,20-24H2,1-4H3/t33-/m0/s1. The third-order valence-corrected chi connectivity index (χ3v) is 8.84. The third-order valence-electron chi connectivity index (χ3n) is 8.25. The maximum atomic E-state index is 12.2. The maximum absolute atomic E-state index is 12.2. The van der Waals surface area contributed by atoms with Gasteiger partial charge in [-0.3, -0.25) is 9.62 Å². The van der Waals surface area contributed by atoms with Crippen LogP contribution in [0, 0.1) is 13.8 Å². The third kappa shape index (κ3) is 7.21. The number of sulfonamides is 1. The van der Waals surface area contributed by atoms with Crippen LogP contribution in [0.2, 0.25) is 0 Å². The summed E-state index contributed by atoms with van der Waals surface area (Å²) >= 11 is 0. The zero-order chi connectivity index (χ0) is 29.9. The molecule has 2 N–H and O–H groups in total. The summed E-state index contributed by atoms with van der Waals surface area (Å²) in [7, 11) is -3.57. The number of nitrogens with zero attached hydrogens (tertiary/aromatic N) is 1. The number of aliphatic hydroxyl groups is 1. The average Bonchev–Trinajstić information content (AvgIpc) is 3.28. The van der Waals surface area contributed by atoms with Gasteiger partial charge < -0.3 is 9.84 Å². The minimum absolute atomic E-state index is 0.189. The summed E-state index contributed by atoms with van der Waals surface area (Å²) in [5.74, 6) is 0.408. The van der Waals surface area contributed by atoms with Gasteiger partial charge in [0.15, 0.2) is 0 Å². The van der Waals surface area contributed by atoms with E-state index in [1.165, 1.54) is 27.8 Å². The van der Waals surface area contributed by atoms with Crippen LogP contribution in [0.4, 0.5) is 5.69 Å². The van der Waals surface area contributed by atoms with Crippen molar-refractivity contribution in [3.05, 3.63) is 130 Å². The number of fused-ring (bicyclic) bond motifs is 1. The Morgan fingerprint density at radius 3 is 2.02 bits per heavy atom. The Kier molecular flexibility index (Phi) is 8.73. The quantitative estimate of drug-likeness (QED) is 0.215. The van der Waals surface area contributed by atoms with Gasteiger partial charge in [0.25, 0.3) is 0 Å².